The Morgan fingerprint density at radius 2 is 0.658 bits per heavy atom. The summed E-state index contributed by atoms with van der Waals surface area (Å²) < 4.78 is 5.21. The second kappa shape index (κ2) is 33.4. The number of nitrogens with one attached hydrogen (secondary N) is 1. The van der Waals surface area contributed by atoms with E-state index >= 15 is 0 Å². The van der Waals surface area contributed by atoms with Gasteiger partial charge in [-0.15, -0.1) is 12.4 Å². The summed E-state index contributed by atoms with van der Waals surface area (Å²) >= 11 is 0. The Morgan fingerprint density at radius 3 is 0.895 bits per heavy atom. The molecule has 1 atom stereocenters. The molecule has 0 bridgehead atoms. The first-order valence-corrected chi connectivity index (χ1v) is 17.8. The van der Waals surface area contributed by atoms with Crippen molar-refractivity contribution in [3.63, 3.8) is 0 Å². The molecule has 0 spiro atoms. The van der Waals surface area contributed by atoms with Gasteiger partial charge in [0.2, 0.25) is 0 Å². The zero-order valence-corrected chi connectivity index (χ0v) is 27.0. The van der Waals surface area contributed by atoms with Gasteiger partial charge >= 0.3 is 0 Å². The van der Waals surface area contributed by atoms with Gasteiger partial charge in [-0.25, -0.2) is 0 Å². The Balaban J connectivity index is 0.0000137. The molecular formula is C35H72ClNO. The standard InChI is InChI=1S/C35H71NO.ClH/c1-2-3-4-5-6-7-8-9-10-11-12-13-14-15-16-17-18-19-20-21-22-23-24-25-26-27-28-29-30-31-32-36-33-35-34-37-35;/h35-36H,2-34H2,1H3;1H. The van der Waals surface area contributed by atoms with Crippen LogP contribution in [0.3, 0.4) is 0 Å². The first-order chi connectivity index (χ1) is 18.4. The molecule has 1 aliphatic heterocycles. The molecule has 1 heterocycles. The minimum absolute atomic E-state index is 0. The van der Waals surface area contributed by atoms with Gasteiger partial charge in [0.1, 0.15) is 0 Å². The predicted octanol–water partition coefficient (Wildman–Crippen LogP) is 12.1. The van der Waals surface area contributed by atoms with Gasteiger partial charge in [0.25, 0.3) is 0 Å². The van der Waals surface area contributed by atoms with Crippen molar-refractivity contribution < 1.29 is 4.74 Å². The first kappa shape index (κ1) is 38.2. The molecular weight excluding hydrogens is 486 g/mol. The van der Waals surface area contributed by atoms with Gasteiger partial charge in [0.15, 0.2) is 0 Å². The zero-order valence-electron chi connectivity index (χ0n) is 26.2. The summed E-state index contributed by atoms with van der Waals surface area (Å²) in [6.45, 7) is 5.53. The molecule has 38 heavy (non-hydrogen) atoms. The lowest BCUT2D eigenvalue weighted by molar-refractivity contribution is 0.395. The Morgan fingerprint density at radius 1 is 0.421 bits per heavy atom. The van der Waals surface area contributed by atoms with Crippen LogP contribution in [0.25, 0.3) is 0 Å². The molecule has 3 heteroatoms. The fourth-order valence-electron chi connectivity index (χ4n) is 5.72. The number of halogens is 1. The molecule has 2 nitrogen and oxygen atoms in total. The first-order valence-electron chi connectivity index (χ1n) is 17.8. The van der Waals surface area contributed by atoms with Crippen LogP contribution in [0, 0.1) is 0 Å². The van der Waals surface area contributed by atoms with Crippen molar-refractivity contribution in [3.8, 4) is 0 Å². The lowest BCUT2D eigenvalue weighted by atomic mass is 10.0. The van der Waals surface area contributed by atoms with E-state index < -0.39 is 0 Å². The van der Waals surface area contributed by atoms with Crippen molar-refractivity contribution in [1.82, 2.24) is 5.32 Å². The van der Waals surface area contributed by atoms with Crippen molar-refractivity contribution in [1.29, 1.82) is 0 Å². The van der Waals surface area contributed by atoms with E-state index in [1.54, 1.807) is 0 Å². The molecule has 0 aromatic carbocycles. The van der Waals surface area contributed by atoms with E-state index in [-0.39, 0.29) is 12.4 Å². The topological polar surface area (TPSA) is 24.6 Å². The van der Waals surface area contributed by atoms with E-state index in [0.29, 0.717) is 6.10 Å². The van der Waals surface area contributed by atoms with Crippen LogP contribution in [0.15, 0.2) is 0 Å². The van der Waals surface area contributed by atoms with E-state index in [0.717, 1.165) is 13.2 Å². The molecule has 0 aromatic rings. The van der Waals surface area contributed by atoms with Crippen LogP contribution < -0.4 is 5.32 Å². The minimum atomic E-state index is 0. The molecule has 0 radical (unpaired) electrons. The normalized spacial score (nSPS) is 14.6. The van der Waals surface area contributed by atoms with E-state index in [1.807, 2.05) is 0 Å². The minimum Gasteiger partial charge on any atom is -0.372 e. The molecule has 1 aliphatic rings. The van der Waals surface area contributed by atoms with Crippen LogP contribution in [-0.2, 0) is 4.74 Å². The maximum Gasteiger partial charge on any atom is 0.0933 e. The van der Waals surface area contributed by atoms with E-state index in [1.165, 1.54) is 199 Å². The Labute approximate surface area is 247 Å². The molecule has 230 valence electrons. The van der Waals surface area contributed by atoms with Gasteiger partial charge in [-0.1, -0.05) is 193 Å². The quantitative estimate of drug-likeness (QED) is 0.0640. The van der Waals surface area contributed by atoms with Crippen LogP contribution in [0.5, 0.6) is 0 Å². The third-order valence-corrected chi connectivity index (χ3v) is 8.48. The van der Waals surface area contributed by atoms with Crippen LogP contribution >= 0.6 is 12.4 Å². The second-order valence-corrected chi connectivity index (χ2v) is 12.4. The van der Waals surface area contributed by atoms with Gasteiger partial charge < -0.3 is 10.1 Å². The average molecular weight is 558 g/mol. The maximum atomic E-state index is 5.21. The molecule has 1 unspecified atom stereocenters. The SMILES string of the molecule is CCCCCCCCCCCCCCCCCCCCCCCCCCCCCCCCNCC1CO1.Cl. The third-order valence-electron chi connectivity index (χ3n) is 8.48. The molecule has 1 N–H and O–H groups in total. The Hall–Kier alpha value is 0.210. The molecule has 0 saturated carbocycles. The van der Waals surface area contributed by atoms with Gasteiger partial charge in [0, 0.05) is 6.54 Å². The average Bonchev–Trinajstić information content (AvgIpc) is 3.74. The third kappa shape index (κ3) is 32.4. The summed E-state index contributed by atoms with van der Waals surface area (Å²) in [4.78, 5) is 0. The fraction of sp³-hybridized carbons (Fsp3) is 1.00. The van der Waals surface area contributed by atoms with Crippen molar-refractivity contribution in [2.75, 3.05) is 19.7 Å². The number of rotatable bonds is 33. The summed E-state index contributed by atoms with van der Waals surface area (Å²) in [6, 6.07) is 0. The van der Waals surface area contributed by atoms with Crippen LogP contribution in [0.2, 0.25) is 0 Å². The van der Waals surface area contributed by atoms with Crippen LogP contribution in [0.4, 0.5) is 0 Å². The van der Waals surface area contributed by atoms with Crippen LogP contribution in [0.1, 0.15) is 200 Å². The highest BCUT2D eigenvalue weighted by molar-refractivity contribution is 5.85. The van der Waals surface area contributed by atoms with Crippen molar-refractivity contribution >= 4 is 12.4 Å². The Kier molecular flexibility index (Phi) is 33.6. The number of hydrogen-bond donors (Lipinski definition) is 1. The smallest absolute Gasteiger partial charge is 0.0933 e. The monoisotopic (exact) mass is 558 g/mol. The molecule has 1 rings (SSSR count). The van der Waals surface area contributed by atoms with Gasteiger partial charge in [-0.3, -0.25) is 0 Å². The van der Waals surface area contributed by atoms with Crippen molar-refractivity contribution in [2.45, 2.75) is 206 Å². The molecule has 1 saturated heterocycles. The number of unbranched alkanes of at least 4 members (excludes halogenated alkanes) is 29. The second-order valence-electron chi connectivity index (χ2n) is 12.4. The van der Waals surface area contributed by atoms with Crippen molar-refractivity contribution in [2.24, 2.45) is 0 Å². The fourth-order valence-corrected chi connectivity index (χ4v) is 5.72. The number of epoxide rings is 1. The van der Waals surface area contributed by atoms with Crippen LogP contribution in [-0.4, -0.2) is 25.8 Å². The zero-order chi connectivity index (χ0) is 26.3. The predicted molar refractivity (Wildman–Crippen MR) is 174 cm³/mol. The largest absolute Gasteiger partial charge is 0.372 e. The molecule has 0 aliphatic carbocycles. The highest BCUT2D eigenvalue weighted by Gasteiger charge is 2.20. The highest BCUT2D eigenvalue weighted by Crippen LogP contribution is 2.16. The molecule has 0 aromatic heterocycles. The lowest BCUT2D eigenvalue weighted by Gasteiger charge is -2.05. The molecule has 0 amide bonds. The summed E-state index contributed by atoms with van der Waals surface area (Å²) in [7, 11) is 0. The van der Waals surface area contributed by atoms with Gasteiger partial charge in [0.05, 0.1) is 12.7 Å². The summed E-state index contributed by atoms with van der Waals surface area (Å²) in [6.07, 6.45) is 44.6. The Bertz CT molecular complexity index is 415. The van der Waals surface area contributed by atoms with E-state index in [9.17, 15) is 0 Å². The molecule has 1 fully saturated rings. The maximum absolute atomic E-state index is 5.21. The lowest BCUT2D eigenvalue weighted by Crippen LogP contribution is -2.20. The summed E-state index contributed by atoms with van der Waals surface area (Å²) in [5, 5.41) is 3.49. The van der Waals surface area contributed by atoms with E-state index in [4.69, 9.17) is 4.74 Å². The summed E-state index contributed by atoms with van der Waals surface area (Å²) in [5.74, 6) is 0. The number of hydrogen-bond acceptors (Lipinski definition) is 2. The van der Waals surface area contributed by atoms with Crippen molar-refractivity contribution in [3.05, 3.63) is 0 Å². The summed E-state index contributed by atoms with van der Waals surface area (Å²) in [5.41, 5.74) is 0. The highest BCUT2D eigenvalue weighted by atomic mass is 35.5. The van der Waals surface area contributed by atoms with Gasteiger partial charge in [-0.05, 0) is 13.0 Å². The van der Waals surface area contributed by atoms with E-state index in [2.05, 4.69) is 12.2 Å². The number of ether oxygens (including phenoxy) is 1. The van der Waals surface area contributed by atoms with Gasteiger partial charge in [-0.2, -0.15) is 0 Å².